The Bertz CT molecular complexity index is 924. The van der Waals surface area contributed by atoms with E-state index in [0.717, 1.165) is 48.8 Å². The Balaban J connectivity index is 2.16. The van der Waals surface area contributed by atoms with Crippen molar-refractivity contribution in [3.8, 4) is 0 Å². The first-order valence-electron chi connectivity index (χ1n) is 10.5. The minimum absolute atomic E-state index is 0.182. The number of carbonyl (C=O) groups is 1. The summed E-state index contributed by atoms with van der Waals surface area (Å²) in [5.41, 5.74) is 1.75. The highest BCUT2D eigenvalue weighted by Gasteiger charge is 2.29. The minimum atomic E-state index is -0.385. The van der Waals surface area contributed by atoms with Crippen molar-refractivity contribution < 1.29 is 4.79 Å². The minimum Gasteiger partial charge on any atom is -0.365 e. The molecule has 0 aliphatic carbocycles. The van der Waals surface area contributed by atoms with Gasteiger partial charge in [-0.05, 0) is 45.7 Å². The van der Waals surface area contributed by atoms with E-state index in [4.69, 9.17) is 0 Å². The molecule has 1 aromatic carbocycles. The van der Waals surface area contributed by atoms with E-state index in [1.807, 2.05) is 37.5 Å². The summed E-state index contributed by atoms with van der Waals surface area (Å²) in [5.74, 6) is -0.297. The van der Waals surface area contributed by atoms with Crippen molar-refractivity contribution >= 4 is 22.5 Å². The number of rotatable bonds is 6. The highest BCUT2D eigenvalue weighted by atomic mass is 16.2. The summed E-state index contributed by atoms with van der Waals surface area (Å²) in [6, 6.07) is 8.20. The van der Waals surface area contributed by atoms with Crippen LogP contribution in [0.3, 0.4) is 0 Å². The number of aromatic nitrogens is 1. The molecule has 1 amide bonds. The number of para-hydroxylation sites is 1. The fourth-order valence-electron chi connectivity index (χ4n) is 4.12. The van der Waals surface area contributed by atoms with Gasteiger partial charge >= 0.3 is 0 Å². The lowest BCUT2D eigenvalue weighted by Gasteiger charge is -2.39. The molecule has 1 aliphatic rings. The molecule has 5 nitrogen and oxygen atoms in total. The van der Waals surface area contributed by atoms with E-state index < -0.39 is 0 Å². The number of nitrogens with zero attached hydrogens (tertiary/aromatic N) is 2. The summed E-state index contributed by atoms with van der Waals surface area (Å²) in [6.45, 7) is 11.8. The maximum atomic E-state index is 13.3. The van der Waals surface area contributed by atoms with Crippen LogP contribution in [-0.2, 0) is 6.54 Å². The average Bonchev–Trinajstić information content (AvgIpc) is 2.62. The standard InChI is InChI=1S/C23H33N3O2/c1-6-8-13-25-17(10-7-2)15-26-20-16(11-9-12-19(20)25)14-18(22(26)28)21(27)24-23(3,4)5/h9,11-12,14,17H,6-8,10,13,15H2,1-5H3,(H,24,27). The lowest BCUT2D eigenvalue weighted by Crippen LogP contribution is -2.47. The molecule has 28 heavy (non-hydrogen) atoms. The summed E-state index contributed by atoms with van der Waals surface area (Å²) in [6.07, 6.45) is 4.37. The first kappa shape index (κ1) is 20.4. The normalized spacial score (nSPS) is 16.5. The molecule has 0 bridgehead atoms. The number of anilines is 1. The zero-order chi connectivity index (χ0) is 20.5. The van der Waals surface area contributed by atoms with Crippen LogP contribution >= 0.6 is 0 Å². The van der Waals surface area contributed by atoms with E-state index in [0.29, 0.717) is 6.54 Å². The molecule has 1 N–H and O–H groups in total. The van der Waals surface area contributed by atoms with Gasteiger partial charge in [-0.15, -0.1) is 0 Å². The lowest BCUT2D eigenvalue weighted by molar-refractivity contribution is 0.0917. The molecular formula is C23H33N3O2. The number of pyridine rings is 1. The smallest absolute Gasteiger partial charge is 0.264 e. The fourth-order valence-corrected chi connectivity index (χ4v) is 4.12. The molecule has 152 valence electrons. The number of nitrogens with one attached hydrogen (secondary N) is 1. The predicted molar refractivity (Wildman–Crippen MR) is 116 cm³/mol. The molecule has 2 aromatic rings. The van der Waals surface area contributed by atoms with Gasteiger partial charge in [0.05, 0.1) is 11.2 Å². The van der Waals surface area contributed by atoms with E-state index in [1.165, 1.54) is 0 Å². The van der Waals surface area contributed by atoms with Gasteiger partial charge in [0, 0.05) is 30.1 Å². The predicted octanol–water partition coefficient (Wildman–Crippen LogP) is 4.32. The Labute approximate surface area is 167 Å². The Kier molecular flexibility index (Phi) is 5.82. The Morgan fingerprint density at radius 1 is 1.21 bits per heavy atom. The number of unbranched alkanes of at least 4 members (excludes halogenated alkanes) is 1. The van der Waals surface area contributed by atoms with Gasteiger partial charge in [0.15, 0.2) is 0 Å². The van der Waals surface area contributed by atoms with Crippen LogP contribution in [-0.4, -0.2) is 28.6 Å². The van der Waals surface area contributed by atoms with Crippen molar-refractivity contribution in [3.05, 3.63) is 40.2 Å². The molecule has 1 unspecified atom stereocenters. The van der Waals surface area contributed by atoms with Gasteiger partial charge in [-0.2, -0.15) is 0 Å². The van der Waals surface area contributed by atoms with Gasteiger partial charge in [-0.1, -0.05) is 38.8 Å². The van der Waals surface area contributed by atoms with E-state index in [9.17, 15) is 9.59 Å². The number of hydrogen-bond donors (Lipinski definition) is 1. The fraction of sp³-hybridized carbons (Fsp3) is 0.565. The monoisotopic (exact) mass is 383 g/mol. The first-order chi connectivity index (χ1) is 13.3. The summed E-state index contributed by atoms with van der Waals surface area (Å²) in [5, 5.41) is 3.89. The molecule has 3 rings (SSSR count). The van der Waals surface area contributed by atoms with Crippen molar-refractivity contribution in [1.29, 1.82) is 0 Å². The molecule has 0 spiro atoms. The highest BCUT2D eigenvalue weighted by molar-refractivity contribution is 6.00. The second kappa shape index (κ2) is 7.98. The third kappa shape index (κ3) is 3.94. The second-order valence-corrected chi connectivity index (χ2v) is 8.88. The van der Waals surface area contributed by atoms with Crippen LogP contribution in [0.5, 0.6) is 0 Å². The number of benzene rings is 1. The number of hydrogen-bond acceptors (Lipinski definition) is 3. The number of amides is 1. The van der Waals surface area contributed by atoms with Crippen LogP contribution < -0.4 is 15.8 Å². The largest absolute Gasteiger partial charge is 0.365 e. The Hall–Kier alpha value is -2.30. The lowest BCUT2D eigenvalue weighted by atomic mass is 10.0. The van der Waals surface area contributed by atoms with Gasteiger partial charge in [0.1, 0.15) is 5.56 Å². The van der Waals surface area contributed by atoms with Gasteiger partial charge in [0.2, 0.25) is 0 Å². The first-order valence-corrected chi connectivity index (χ1v) is 10.5. The molecule has 5 heteroatoms. The van der Waals surface area contributed by atoms with E-state index in [-0.39, 0.29) is 28.6 Å². The van der Waals surface area contributed by atoms with E-state index >= 15 is 0 Å². The van der Waals surface area contributed by atoms with Crippen LogP contribution in [0.15, 0.2) is 29.1 Å². The molecule has 0 fully saturated rings. The van der Waals surface area contributed by atoms with Crippen LogP contribution in [0.2, 0.25) is 0 Å². The molecule has 1 aromatic heterocycles. The maximum absolute atomic E-state index is 13.3. The molecule has 0 radical (unpaired) electrons. The SMILES string of the molecule is CCCCN1c2cccc3cc(C(=O)NC(C)(C)C)c(=O)n(c23)CC1CCC. The third-order valence-corrected chi connectivity index (χ3v) is 5.34. The third-order valence-electron chi connectivity index (χ3n) is 5.34. The average molecular weight is 384 g/mol. The molecule has 0 saturated heterocycles. The van der Waals surface area contributed by atoms with Gasteiger partial charge in [-0.3, -0.25) is 9.59 Å². The maximum Gasteiger partial charge on any atom is 0.264 e. The zero-order valence-corrected chi connectivity index (χ0v) is 17.8. The van der Waals surface area contributed by atoms with Crippen LogP contribution in [0.1, 0.15) is 70.7 Å². The van der Waals surface area contributed by atoms with Crippen molar-refractivity contribution in [2.45, 2.75) is 78.4 Å². The number of carbonyl (C=O) groups excluding carboxylic acids is 1. The Morgan fingerprint density at radius 3 is 2.61 bits per heavy atom. The summed E-state index contributed by atoms with van der Waals surface area (Å²) >= 11 is 0. The van der Waals surface area contributed by atoms with Gasteiger partial charge < -0.3 is 14.8 Å². The Morgan fingerprint density at radius 2 is 1.96 bits per heavy atom. The van der Waals surface area contributed by atoms with E-state index in [2.05, 4.69) is 30.1 Å². The van der Waals surface area contributed by atoms with Crippen LogP contribution in [0.25, 0.3) is 10.9 Å². The van der Waals surface area contributed by atoms with Crippen molar-refractivity contribution in [2.75, 3.05) is 11.4 Å². The van der Waals surface area contributed by atoms with Crippen molar-refractivity contribution in [2.24, 2.45) is 0 Å². The topological polar surface area (TPSA) is 54.3 Å². The summed E-state index contributed by atoms with van der Waals surface area (Å²) in [7, 11) is 0. The summed E-state index contributed by atoms with van der Waals surface area (Å²) < 4.78 is 1.84. The second-order valence-electron chi connectivity index (χ2n) is 8.88. The zero-order valence-electron chi connectivity index (χ0n) is 17.8. The van der Waals surface area contributed by atoms with Crippen LogP contribution in [0, 0.1) is 0 Å². The van der Waals surface area contributed by atoms with Gasteiger partial charge in [-0.25, -0.2) is 0 Å². The quantitative estimate of drug-likeness (QED) is 0.808. The van der Waals surface area contributed by atoms with Crippen molar-refractivity contribution in [3.63, 3.8) is 0 Å². The van der Waals surface area contributed by atoms with Crippen LogP contribution in [0.4, 0.5) is 5.69 Å². The molecule has 1 atom stereocenters. The van der Waals surface area contributed by atoms with Gasteiger partial charge in [0.25, 0.3) is 11.5 Å². The molecular weight excluding hydrogens is 350 g/mol. The van der Waals surface area contributed by atoms with Crippen molar-refractivity contribution in [1.82, 2.24) is 9.88 Å². The molecule has 2 heterocycles. The highest BCUT2D eigenvalue weighted by Crippen LogP contribution is 2.33. The molecule has 1 aliphatic heterocycles. The molecule has 0 saturated carbocycles. The van der Waals surface area contributed by atoms with E-state index in [1.54, 1.807) is 6.07 Å². The summed E-state index contributed by atoms with van der Waals surface area (Å²) in [4.78, 5) is 28.5.